The zero-order valence-corrected chi connectivity index (χ0v) is 10.4. The van der Waals surface area contributed by atoms with E-state index < -0.39 is 10.0 Å². The molecule has 0 atom stereocenters. The summed E-state index contributed by atoms with van der Waals surface area (Å²) in [5.74, 6) is 0. The molecular formula is C9H8BrN3O2S. The van der Waals surface area contributed by atoms with Gasteiger partial charge in [-0.25, -0.2) is 13.4 Å². The van der Waals surface area contributed by atoms with Crippen LogP contribution in [0.15, 0.2) is 46.3 Å². The number of halogens is 1. The number of aromatic nitrogens is 2. The molecule has 7 heteroatoms. The Morgan fingerprint density at radius 3 is 2.81 bits per heavy atom. The smallest absolute Gasteiger partial charge is 0.263 e. The highest BCUT2D eigenvalue weighted by Crippen LogP contribution is 2.21. The quantitative estimate of drug-likeness (QED) is 0.851. The average molecular weight is 302 g/mol. The molecule has 0 bridgehead atoms. The molecule has 0 aliphatic carbocycles. The predicted octanol–water partition coefficient (Wildman–Crippen LogP) is 1.97. The topological polar surface area (TPSA) is 74.8 Å². The second kappa shape index (κ2) is 4.26. The first-order valence-corrected chi connectivity index (χ1v) is 6.63. The first-order valence-electron chi connectivity index (χ1n) is 4.36. The van der Waals surface area contributed by atoms with E-state index in [0.717, 1.165) is 0 Å². The molecule has 2 aromatic heterocycles. The van der Waals surface area contributed by atoms with Gasteiger partial charge >= 0.3 is 0 Å². The summed E-state index contributed by atoms with van der Waals surface area (Å²) in [6, 6.07) is 4.76. The molecule has 16 heavy (non-hydrogen) atoms. The van der Waals surface area contributed by atoms with Crippen molar-refractivity contribution >= 4 is 31.6 Å². The first kappa shape index (κ1) is 11.2. The third kappa shape index (κ3) is 2.25. The van der Waals surface area contributed by atoms with Crippen molar-refractivity contribution < 1.29 is 8.42 Å². The number of aromatic amines is 1. The van der Waals surface area contributed by atoms with Crippen LogP contribution in [0.3, 0.4) is 0 Å². The van der Waals surface area contributed by atoms with E-state index in [0.29, 0.717) is 10.3 Å². The maximum absolute atomic E-state index is 11.8. The molecule has 0 aliphatic rings. The Kier molecular flexibility index (Phi) is 2.97. The van der Waals surface area contributed by atoms with Crippen LogP contribution in [0.2, 0.25) is 0 Å². The third-order valence-corrected chi connectivity index (χ3v) is 3.88. The van der Waals surface area contributed by atoms with Crippen LogP contribution in [0.1, 0.15) is 0 Å². The molecule has 2 rings (SSSR count). The van der Waals surface area contributed by atoms with Crippen molar-refractivity contribution in [3.63, 3.8) is 0 Å². The Bertz CT molecular complexity index is 581. The number of anilines is 1. The molecule has 5 nitrogen and oxygen atoms in total. The molecule has 84 valence electrons. The number of pyridine rings is 1. The summed E-state index contributed by atoms with van der Waals surface area (Å²) in [6.45, 7) is 0. The lowest BCUT2D eigenvalue weighted by molar-refractivity contribution is 0.601. The summed E-state index contributed by atoms with van der Waals surface area (Å²) >= 11 is 3.17. The normalized spacial score (nSPS) is 11.3. The highest BCUT2D eigenvalue weighted by Gasteiger charge is 2.15. The highest BCUT2D eigenvalue weighted by molar-refractivity contribution is 9.10. The van der Waals surface area contributed by atoms with Crippen molar-refractivity contribution in [2.24, 2.45) is 0 Å². The van der Waals surface area contributed by atoms with E-state index in [1.807, 2.05) is 0 Å². The Balaban J connectivity index is 2.33. The summed E-state index contributed by atoms with van der Waals surface area (Å²) in [5.41, 5.74) is 0.406. The lowest BCUT2D eigenvalue weighted by Gasteiger charge is -2.06. The number of nitrogens with one attached hydrogen (secondary N) is 2. The van der Waals surface area contributed by atoms with Crippen molar-refractivity contribution in [1.82, 2.24) is 9.97 Å². The van der Waals surface area contributed by atoms with Gasteiger partial charge in [0, 0.05) is 18.6 Å². The van der Waals surface area contributed by atoms with E-state index in [9.17, 15) is 8.42 Å². The van der Waals surface area contributed by atoms with Crippen molar-refractivity contribution in [3.8, 4) is 0 Å². The fraction of sp³-hybridized carbons (Fsp3) is 0. The molecule has 2 aromatic rings. The fourth-order valence-corrected chi connectivity index (χ4v) is 2.66. The van der Waals surface area contributed by atoms with Crippen LogP contribution in [0, 0.1) is 0 Å². The van der Waals surface area contributed by atoms with Gasteiger partial charge in [-0.3, -0.25) is 4.72 Å². The van der Waals surface area contributed by atoms with Gasteiger partial charge in [-0.1, -0.05) is 0 Å². The maximum atomic E-state index is 11.8. The van der Waals surface area contributed by atoms with Crippen LogP contribution < -0.4 is 4.72 Å². The summed E-state index contributed by atoms with van der Waals surface area (Å²) in [5, 5.41) is 0. The lowest BCUT2D eigenvalue weighted by Crippen LogP contribution is -2.12. The number of H-pyrrole nitrogens is 1. The molecule has 0 saturated carbocycles. The van der Waals surface area contributed by atoms with Crippen LogP contribution >= 0.6 is 15.9 Å². The zero-order valence-electron chi connectivity index (χ0n) is 8.01. The van der Waals surface area contributed by atoms with Gasteiger partial charge in [0.25, 0.3) is 10.0 Å². The maximum Gasteiger partial charge on any atom is 0.263 e. The monoisotopic (exact) mass is 301 g/mol. The molecule has 0 radical (unpaired) electrons. The SMILES string of the molecule is O=S(=O)(Nc1cccnc1Br)c1cc[nH]c1. The van der Waals surface area contributed by atoms with Crippen molar-refractivity contribution in [2.45, 2.75) is 4.90 Å². The number of hydrogen-bond acceptors (Lipinski definition) is 3. The minimum atomic E-state index is -3.54. The summed E-state index contributed by atoms with van der Waals surface area (Å²) in [7, 11) is -3.54. The minimum Gasteiger partial charge on any atom is -0.366 e. The standard InChI is InChI=1S/C9H8BrN3O2S/c10-9-8(2-1-4-12-9)13-16(14,15)7-3-5-11-6-7/h1-6,11,13H. The Hall–Kier alpha value is -1.34. The predicted molar refractivity (Wildman–Crippen MR) is 63.5 cm³/mol. The molecule has 0 saturated heterocycles. The van der Waals surface area contributed by atoms with Gasteiger partial charge in [0.05, 0.1) is 5.69 Å². The van der Waals surface area contributed by atoms with E-state index in [-0.39, 0.29) is 4.90 Å². The molecule has 0 fully saturated rings. The minimum absolute atomic E-state index is 0.184. The van der Waals surface area contributed by atoms with Gasteiger partial charge in [-0.15, -0.1) is 0 Å². The van der Waals surface area contributed by atoms with Gasteiger partial charge < -0.3 is 4.98 Å². The van der Waals surface area contributed by atoms with Crippen LogP contribution in [-0.2, 0) is 10.0 Å². The Morgan fingerprint density at radius 2 is 2.19 bits per heavy atom. The average Bonchev–Trinajstić information content (AvgIpc) is 2.75. The van der Waals surface area contributed by atoms with Gasteiger partial charge in [0.1, 0.15) is 9.50 Å². The molecule has 2 heterocycles. The molecule has 0 unspecified atom stereocenters. The summed E-state index contributed by atoms with van der Waals surface area (Å²) < 4.78 is 26.6. The van der Waals surface area contributed by atoms with E-state index in [4.69, 9.17) is 0 Å². The molecule has 0 aromatic carbocycles. The zero-order chi connectivity index (χ0) is 11.6. The second-order valence-electron chi connectivity index (χ2n) is 2.99. The van der Waals surface area contributed by atoms with Gasteiger partial charge in [0.2, 0.25) is 0 Å². The largest absolute Gasteiger partial charge is 0.366 e. The van der Waals surface area contributed by atoms with Crippen molar-refractivity contribution in [1.29, 1.82) is 0 Å². The molecular weight excluding hydrogens is 294 g/mol. The number of sulfonamides is 1. The van der Waals surface area contributed by atoms with E-state index in [2.05, 4.69) is 30.6 Å². The highest BCUT2D eigenvalue weighted by atomic mass is 79.9. The van der Waals surface area contributed by atoms with Gasteiger partial charge in [0.15, 0.2) is 0 Å². The molecule has 0 aliphatic heterocycles. The van der Waals surface area contributed by atoms with Crippen molar-refractivity contribution in [2.75, 3.05) is 4.72 Å². The summed E-state index contributed by atoms with van der Waals surface area (Å²) in [4.78, 5) is 6.80. The first-order chi connectivity index (χ1) is 7.59. The fourth-order valence-electron chi connectivity index (χ4n) is 1.14. The van der Waals surface area contributed by atoms with E-state index in [1.54, 1.807) is 24.5 Å². The molecule has 0 amide bonds. The Morgan fingerprint density at radius 1 is 1.38 bits per heavy atom. The lowest BCUT2D eigenvalue weighted by atomic mass is 10.4. The van der Waals surface area contributed by atoms with Gasteiger partial charge in [-0.2, -0.15) is 0 Å². The third-order valence-electron chi connectivity index (χ3n) is 1.88. The van der Waals surface area contributed by atoms with Crippen molar-refractivity contribution in [3.05, 3.63) is 41.4 Å². The van der Waals surface area contributed by atoms with E-state index in [1.165, 1.54) is 12.3 Å². The number of hydrogen-bond donors (Lipinski definition) is 2. The van der Waals surface area contributed by atoms with E-state index >= 15 is 0 Å². The number of rotatable bonds is 3. The van der Waals surface area contributed by atoms with Crippen LogP contribution in [0.4, 0.5) is 5.69 Å². The molecule has 0 spiro atoms. The Labute approximate surface area is 101 Å². The molecule has 2 N–H and O–H groups in total. The van der Waals surface area contributed by atoms with Crippen LogP contribution in [0.25, 0.3) is 0 Å². The second-order valence-corrected chi connectivity index (χ2v) is 5.43. The van der Waals surface area contributed by atoms with Crippen LogP contribution in [0.5, 0.6) is 0 Å². The summed E-state index contributed by atoms with van der Waals surface area (Å²) in [6.07, 6.45) is 4.53. The number of nitrogens with zero attached hydrogens (tertiary/aromatic N) is 1. The van der Waals surface area contributed by atoms with Crippen LogP contribution in [-0.4, -0.2) is 18.4 Å². The van der Waals surface area contributed by atoms with Gasteiger partial charge in [-0.05, 0) is 34.1 Å².